The van der Waals surface area contributed by atoms with E-state index in [9.17, 15) is 14.0 Å². The maximum Gasteiger partial charge on any atom is 0.255 e. The molecule has 0 aliphatic heterocycles. The number of benzene rings is 2. The molecule has 4 nitrogen and oxygen atoms in total. The minimum Gasteiger partial charge on any atom is -0.352 e. The third-order valence-corrected chi connectivity index (χ3v) is 3.33. The van der Waals surface area contributed by atoms with Gasteiger partial charge in [-0.3, -0.25) is 9.59 Å². The van der Waals surface area contributed by atoms with Crippen LogP contribution in [0.4, 0.5) is 10.1 Å². The van der Waals surface area contributed by atoms with E-state index in [2.05, 4.69) is 17.6 Å². The van der Waals surface area contributed by atoms with Crippen molar-refractivity contribution in [1.29, 1.82) is 0 Å². The van der Waals surface area contributed by atoms with Crippen LogP contribution in [-0.2, 0) is 0 Å². The van der Waals surface area contributed by atoms with Crippen molar-refractivity contribution in [2.75, 3.05) is 11.9 Å². The van der Waals surface area contributed by atoms with Crippen molar-refractivity contribution < 1.29 is 14.0 Å². The summed E-state index contributed by atoms with van der Waals surface area (Å²) in [7, 11) is 0. The summed E-state index contributed by atoms with van der Waals surface area (Å²) in [6.07, 6.45) is 1.95. The predicted molar refractivity (Wildman–Crippen MR) is 88.0 cm³/mol. The molecule has 23 heavy (non-hydrogen) atoms. The average Bonchev–Trinajstić information content (AvgIpc) is 2.57. The number of hydrogen-bond acceptors (Lipinski definition) is 2. The molecular weight excluding hydrogens is 295 g/mol. The number of carbonyl (C=O) groups is 2. The molecule has 120 valence electrons. The molecule has 0 spiro atoms. The number of nitrogens with one attached hydrogen (secondary N) is 2. The molecule has 0 bridgehead atoms. The van der Waals surface area contributed by atoms with Gasteiger partial charge >= 0.3 is 0 Å². The van der Waals surface area contributed by atoms with Gasteiger partial charge in [0.2, 0.25) is 0 Å². The number of anilines is 1. The smallest absolute Gasteiger partial charge is 0.255 e. The van der Waals surface area contributed by atoms with E-state index >= 15 is 0 Å². The lowest BCUT2D eigenvalue weighted by Gasteiger charge is -2.07. The van der Waals surface area contributed by atoms with Gasteiger partial charge in [0.05, 0.1) is 0 Å². The number of hydrogen-bond donors (Lipinski definition) is 2. The molecule has 2 N–H and O–H groups in total. The van der Waals surface area contributed by atoms with Crippen LogP contribution < -0.4 is 10.6 Å². The van der Waals surface area contributed by atoms with Crippen molar-refractivity contribution in [3.63, 3.8) is 0 Å². The van der Waals surface area contributed by atoms with Gasteiger partial charge in [0.15, 0.2) is 0 Å². The van der Waals surface area contributed by atoms with Gasteiger partial charge in [-0.05, 0) is 55.0 Å². The fraction of sp³-hybridized carbons (Fsp3) is 0.222. The summed E-state index contributed by atoms with van der Waals surface area (Å²) >= 11 is 0. The molecular formula is C18H19FN2O2. The summed E-state index contributed by atoms with van der Waals surface area (Å²) in [5.41, 5.74) is 1.46. The maximum absolute atomic E-state index is 12.8. The molecule has 0 atom stereocenters. The molecule has 0 unspecified atom stereocenters. The van der Waals surface area contributed by atoms with E-state index in [0.29, 0.717) is 23.4 Å². The molecule has 2 amide bonds. The summed E-state index contributed by atoms with van der Waals surface area (Å²) in [5, 5.41) is 5.49. The van der Waals surface area contributed by atoms with Crippen molar-refractivity contribution in [3.8, 4) is 0 Å². The highest BCUT2D eigenvalue weighted by atomic mass is 19.1. The summed E-state index contributed by atoms with van der Waals surface area (Å²) < 4.78 is 12.8. The molecule has 0 aliphatic rings. The van der Waals surface area contributed by atoms with Gasteiger partial charge in [0, 0.05) is 23.4 Å². The summed E-state index contributed by atoms with van der Waals surface area (Å²) in [6.45, 7) is 2.70. The standard InChI is InChI=1S/C18H19FN2O2/c1-2-3-12-20-17(22)13-4-6-14(7-5-13)18(23)21-16-10-8-15(19)9-11-16/h4-11H,2-3,12H2,1H3,(H,20,22)(H,21,23). The van der Waals surface area contributed by atoms with Crippen LogP contribution >= 0.6 is 0 Å². The van der Waals surface area contributed by atoms with Crippen molar-refractivity contribution in [3.05, 3.63) is 65.5 Å². The number of carbonyl (C=O) groups excluding carboxylic acids is 2. The molecule has 0 aliphatic carbocycles. The van der Waals surface area contributed by atoms with Crippen LogP contribution in [-0.4, -0.2) is 18.4 Å². The average molecular weight is 314 g/mol. The highest BCUT2D eigenvalue weighted by Crippen LogP contribution is 2.11. The van der Waals surface area contributed by atoms with E-state index in [4.69, 9.17) is 0 Å². The van der Waals surface area contributed by atoms with Gasteiger partial charge in [-0.2, -0.15) is 0 Å². The van der Waals surface area contributed by atoms with E-state index in [1.165, 1.54) is 24.3 Å². The lowest BCUT2D eigenvalue weighted by Crippen LogP contribution is -2.24. The van der Waals surface area contributed by atoms with Crippen molar-refractivity contribution in [1.82, 2.24) is 5.32 Å². The van der Waals surface area contributed by atoms with Crippen molar-refractivity contribution in [2.45, 2.75) is 19.8 Å². The van der Waals surface area contributed by atoms with Crippen LogP contribution in [0, 0.1) is 5.82 Å². The second-order valence-corrected chi connectivity index (χ2v) is 5.15. The van der Waals surface area contributed by atoms with Crippen LogP contribution in [0.2, 0.25) is 0 Å². The Bertz CT molecular complexity index is 666. The normalized spacial score (nSPS) is 10.2. The quantitative estimate of drug-likeness (QED) is 0.800. The lowest BCUT2D eigenvalue weighted by molar-refractivity contribution is 0.0951. The van der Waals surface area contributed by atoms with Gasteiger partial charge in [0.25, 0.3) is 11.8 Å². The number of halogens is 1. The topological polar surface area (TPSA) is 58.2 Å². The summed E-state index contributed by atoms with van der Waals surface area (Å²) in [4.78, 5) is 24.0. The Morgan fingerprint density at radius 2 is 1.48 bits per heavy atom. The fourth-order valence-electron chi connectivity index (χ4n) is 1.99. The third-order valence-electron chi connectivity index (χ3n) is 3.33. The van der Waals surface area contributed by atoms with E-state index in [0.717, 1.165) is 12.8 Å². The Hall–Kier alpha value is -2.69. The fourth-order valence-corrected chi connectivity index (χ4v) is 1.99. The number of amides is 2. The molecule has 0 fully saturated rings. The second kappa shape index (κ2) is 8.08. The highest BCUT2D eigenvalue weighted by molar-refractivity contribution is 6.05. The molecule has 0 aromatic heterocycles. The van der Waals surface area contributed by atoms with E-state index in [1.807, 2.05) is 0 Å². The van der Waals surface area contributed by atoms with Crippen LogP contribution in [0.5, 0.6) is 0 Å². The number of rotatable bonds is 6. The minimum absolute atomic E-state index is 0.149. The van der Waals surface area contributed by atoms with E-state index < -0.39 is 0 Å². The first-order valence-corrected chi connectivity index (χ1v) is 7.55. The molecule has 2 aromatic rings. The minimum atomic E-state index is -0.360. The van der Waals surface area contributed by atoms with Crippen molar-refractivity contribution in [2.24, 2.45) is 0 Å². The number of unbranched alkanes of at least 4 members (excludes halogenated alkanes) is 1. The van der Waals surface area contributed by atoms with Gasteiger partial charge in [-0.15, -0.1) is 0 Å². The van der Waals surface area contributed by atoms with Crippen LogP contribution in [0.15, 0.2) is 48.5 Å². The lowest BCUT2D eigenvalue weighted by atomic mass is 10.1. The first-order valence-electron chi connectivity index (χ1n) is 7.55. The SMILES string of the molecule is CCCCNC(=O)c1ccc(C(=O)Nc2ccc(F)cc2)cc1. The van der Waals surface area contributed by atoms with Gasteiger partial charge < -0.3 is 10.6 Å². The Labute approximate surface area is 134 Å². The molecule has 0 heterocycles. The summed E-state index contributed by atoms with van der Waals surface area (Å²) in [6, 6.07) is 11.9. The molecule has 0 saturated heterocycles. The van der Waals surface area contributed by atoms with Gasteiger partial charge in [0.1, 0.15) is 5.82 Å². The Morgan fingerprint density at radius 1 is 0.913 bits per heavy atom. The van der Waals surface area contributed by atoms with E-state index in [1.54, 1.807) is 24.3 Å². The first kappa shape index (κ1) is 16.7. The van der Waals surface area contributed by atoms with E-state index in [-0.39, 0.29) is 17.6 Å². The molecule has 5 heteroatoms. The molecule has 2 rings (SSSR count). The summed E-state index contributed by atoms with van der Waals surface area (Å²) in [5.74, 6) is -0.820. The Kier molecular flexibility index (Phi) is 5.86. The maximum atomic E-state index is 12.8. The largest absolute Gasteiger partial charge is 0.352 e. The second-order valence-electron chi connectivity index (χ2n) is 5.15. The van der Waals surface area contributed by atoms with Crippen LogP contribution in [0.1, 0.15) is 40.5 Å². The molecule has 0 saturated carbocycles. The highest BCUT2D eigenvalue weighted by Gasteiger charge is 2.09. The first-order chi connectivity index (χ1) is 11.1. The molecule has 0 radical (unpaired) electrons. The zero-order chi connectivity index (χ0) is 16.7. The van der Waals surface area contributed by atoms with Gasteiger partial charge in [-0.1, -0.05) is 13.3 Å². The Morgan fingerprint density at radius 3 is 2.04 bits per heavy atom. The van der Waals surface area contributed by atoms with Crippen LogP contribution in [0.25, 0.3) is 0 Å². The van der Waals surface area contributed by atoms with Gasteiger partial charge in [-0.25, -0.2) is 4.39 Å². The third kappa shape index (κ3) is 4.92. The van der Waals surface area contributed by atoms with Crippen molar-refractivity contribution >= 4 is 17.5 Å². The molecule has 2 aromatic carbocycles. The monoisotopic (exact) mass is 314 g/mol. The zero-order valence-electron chi connectivity index (χ0n) is 12.9. The van der Waals surface area contributed by atoms with Crippen LogP contribution in [0.3, 0.4) is 0 Å². The Balaban J connectivity index is 1.97. The zero-order valence-corrected chi connectivity index (χ0v) is 12.9. The predicted octanol–water partition coefficient (Wildman–Crippen LogP) is 3.61.